The van der Waals surface area contributed by atoms with Crippen molar-refractivity contribution < 1.29 is 13.2 Å². The maximum absolute atomic E-state index is 12.6. The summed E-state index contributed by atoms with van der Waals surface area (Å²) in [6.45, 7) is 7.33. The van der Waals surface area contributed by atoms with E-state index in [0.29, 0.717) is 12.1 Å². The zero-order valence-corrected chi connectivity index (χ0v) is 20.2. The first-order valence-corrected chi connectivity index (χ1v) is 12.9. The lowest BCUT2D eigenvalue weighted by Gasteiger charge is -2.21. The lowest BCUT2D eigenvalue weighted by molar-refractivity contribution is 0.0950. The Labute approximate surface area is 192 Å². The number of hydrogen-bond donors (Lipinski definition) is 1. The van der Waals surface area contributed by atoms with Gasteiger partial charge in [0.15, 0.2) is 0 Å². The molecule has 0 aliphatic carbocycles. The van der Waals surface area contributed by atoms with E-state index in [1.54, 1.807) is 19.2 Å². The Balaban J connectivity index is 1.58. The Morgan fingerprint density at radius 2 is 1.62 bits per heavy atom. The van der Waals surface area contributed by atoms with E-state index in [0.717, 1.165) is 25.2 Å². The van der Waals surface area contributed by atoms with E-state index in [4.69, 9.17) is 0 Å². The second kappa shape index (κ2) is 11.1. The minimum absolute atomic E-state index is 0.141. The third kappa shape index (κ3) is 6.40. The summed E-state index contributed by atoms with van der Waals surface area (Å²) in [7, 11) is -2.00. The SMILES string of the molecule is CC(C)N(C)S(=O)(=O)c1ccc(C(=O)NCc2cccc(CN3CCCCCC3)c2)cc1. The van der Waals surface area contributed by atoms with Gasteiger partial charge in [-0.15, -0.1) is 0 Å². The second-order valence-corrected chi connectivity index (χ2v) is 10.8. The van der Waals surface area contributed by atoms with Gasteiger partial charge in [-0.05, 0) is 75.2 Å². The number of nitrogens with zero attached hydrogens (tertiary/aromatic N) is 2. The Morgan fingerprint density at radius 3 is 2.25 bits per heavy atom. The molecule has 0 unspecified atom stereocenters. The van der Waals surface area contributed by atoms with Crippen molar-refractivity contribution >= 4 is 15.9 Å². The number of carbonyl (C=O) groups is 1. The highest BCUT2D eigenvalue weighted by molar-refractivity contribution is 7.89. The fraction of sp³-hybridized carbons (Fsp3) is 0.480. The van der Waals surface area contributed by atoms with E-state index in [1.807, 2.05) is 26.0 Å². The first-order chi connectivity index (χ1) is 15.3. The maximum Gasteiger partial charge on any atom is 0.251 e. The average Bonchev–Trinajstić information content (AvgIpc) is 3.06. The van der Waals surface area contributed by atoms with E-state index in [2.05, 4.69) is 22.3 Å². The summed E-state index contributed by atoms with van der Waals surface area (Å²) in [5, 5.41) is 2.94. The van der Waals surface area contributed by atoms with Gasteiger partial charge in [-0.3, -0.25) is 9.69 Å². The topological polar surface area (TPSA) is 69.7 Å². The van der Waals surface area contributed by atoms with Crippen molar-refractivity contribution in [2.45, 2.75) is 63.6 Å². The van der Waals surface area contributed by atoms with Crippen molar-refractivity contribution in [2.75, 3.05) is 20.1 Å². The molecule has 7 heteroatoms. The van der Waals surface area contributed by atoms with Crippen LogP contribution in [0.5, 0.6) is 0 Å². The number of nitrogens with one attached hydrogen (secondary N) is 1. The van der Waals surface area contributed by atoms with Crippen LogP contribution in [0.4, 0.5) is 0 Å². The molecule has 0 atom stereocenters. The molecule has 3 rings (SSSR count). The van der Waals surface area contributed by atoms with Gasteiger partial charge in [0, 0.05) is 31.7 Å². The largest absolute Gasteiger partial charge is 0.348 e. The van der Waals surface area contributed by atoms with Crippen LogP contribution in [-0.4, -0.2) is 49.7 Å². The lowest BCUT2D eigenvalue weighted by atomic mass is 10.1. The highest BCUT2D eigenvalue weighted by atomic mass is 32.2. The Kier molecular flexibility index (Phi) is 8.45. The van der Waals surface area contributed by atoms with Gasteiger partial charge in [0.2, 0.25) is 10.0 Å². The molecule has 2 aromatic rings. The van der Waals surface area contributed by atoms with Crippen LogP contribution in [0.1, 0.15) is 61.0 Å². The molecule has 0 saturated carbocycles. The Bertz CT molecular complexity index is 995. The lowest BCUT2D eigenvalue weighted by Crippen LogP contribution is -2.33. The van der Waals surface area contributed by atoms with Crippen molar-refractivity contribution in [2.24, 2.45) is 0 Å². The van der Waals surface area contributed by atoms with Crippen LogP contribution in [0.25, 0.3) is 0 Å². The molecular formula is C25H35N3O3S. The molecule has 1 aliphatic heterocycles. The maximum atomic E-state index is 12.6. The van der Waals surface area contributed by atoms with Crippen molar-refractivity contribution in [1.29, 1.82) is 0 Å². The number of hydrogen-bond acceptors (Lipinski definition) is 4. The van der Waals surface area contributed by atoms with E-state index in [1.165, 1.54) is 47.7 Å². The van der Waals surface area contributed by atoms with E-state index >= 15 is 0 Å². The molecule has 2 aromatic carbocycles. The molecule has 0 spiro atoms. The summed E-state index contributed by atoms with van der Waals surface area (Å²) in [6.07, 6.45) is 5.18. The summed E-state index contributed by atoms with van der Waals surface area (Å²) >= 11 is 0. The molecule has 1 heterocycles. The number of rotatable bonds is 8. The number of amides is 1. The third-order valence-corrected chi connectivity index (χ3v) is 8.12. The number of sulfonamides is 1. The van der Waals surface area contributed by atoms with Crippen molar-refractivity contribution in [1.82, 2.24) is 14.5 Å². The monoisotopic (exact) mass is 457 g/mol. The number of benzene rings is 2. The molecule has 1 amide bonds. The van der Waals surface area contributed by atoms with Crippen LogP contribution >= 0.6 is 0 Å². The van der Waals surface area contributed by atoms with Gasteiger partial charge in [0.25, 0.3) is 5.91 Å². The highest BCUT2D eigenvalue weighted by Gasteiger charge is 2.23. The summed E-state index contributed by atoms with van der Waals surface area (Å²) < 4.78 is 26.5. The molecule has 6 nitrogen and oxygen atoms in total. The molecule has 1 N–H and O–H groups in total. The predicted molar refractivity (Wildman–Crippen MR) is 128 cm³/mol. The zero-order chi connectivity index (χ0) is 23.1. The van der Waals surface area contributed by atoms with Gasteiger partial charge in [0.1, 0.15) is 0 Å². The molecule has 32 heavy (non-hydrogen) atoms. The standard InChI is InChI=1S/C25H35N3O3S/c1-20(2)27(3)32(30,31)24-13-11-23(12-14-24)25(29)26-18-21-9-8-10-22(17-21)19-28-15-6-4-5-7-16-28/h8-14,17,20H,4-7,15-16,18-19H2,1-3H3,(H,26,29). The van der Waals surface area contributed by atoms with Crippen LogP contribution < -0.4 is 5.32 Å². The molecular weight excluding hydrogens is 422 g/mol. The van der Waals surface area contributed by atoms with Gasteiger partial charge in [-0.1, -0.05) is 37.1 Å². The van der Waals surface area contributed by atoms with E-state index < -0.39 is 10.0 Å². The fourth-order valence-electron chi connectivity index (χ4n) is 3.90. The second-order valence-electron chi connectivity index (χ2n) is 8.83. The van der Waals surface area contributed by atoms with Gasteiger partial charge in [-0.2, -0.15) is 4.31 Å². The third-order valence-electron chi connectivity index (χ3n) is 6.07. The fourth-order valence-corrected chi connectivity index (χ4v) is 5.26. The first kappa shape index (κ1) is 24.4. The first-order valence-electron chi connectivity index (χ1n) is 11.4. The molecule has 1 fully saturated rings. The predicted octanol–water partition coefficient (Wildman–Crippen LogP) is 4.02. The van der Waals surface area contributed by atoms with Crippen molar-refractivity contribution in [3.8, 4) is 0 Å². The molecule has 1 aliphatic rings. The van der Waals surface area contributed by atoms with Crippen LogP contribution in [-0.2, 0) is 23.1 Å². The Morgan fingerprint density at radius 1 is 1.00 bits per heavy atom. The van der Waals surface area contributed by atoms with Gasteiger partial charge >= 0.3 is 0 Å². The van der Waals surface area contributed by atoms with Crippen LogP contribution in [0.2, 0.25) is 0 Å². The summed E-state index contributed by atoms with van der Waals surface area (Å²) in [6, 6.07) is 14.3. The van der Waals surface area contributed by atoms with Crippen LogP contribution in [0.3, 0.4) is 0 Å². The molecule has 174 valence electrons. The van der Waals surface area contributed by atoms with Gasteiger partial charge in [0.05, 0.1) is 4.90 Å². The van der Waals surface area contributed by atoms with E-state index in [-0.39, 0.29) is 16.8 Å². The minimum Gasteiger partial charge on any atom is -0.348 e. The van der Waals surface area contributed by atoms with E-state index in [9.17, 15) is 13.2 Å². The Hall–Kier alpha value is -2.22. The van der Waals surface area contributed by atoms with Crippen molar-refractivity contribution in [3.05, 3.63) is 65.2 Å². The normalized spacial score (nSPS) is 15.7. The summed E-state index contributed by atoms with van der Waals surface area (Å²) in [5.41, 5.74) is 2.77. The summed E-state index contributed by atoms with van der Waals surface area (Å²) in [4.78, 5) is 15.3. The smallest absolute Gasteiger partial charge is 0.251 e. The molecule has 1 saturated heterocycles. The molecule has 0 bridgehead atoms. The number of carbonyl (C=O) groups excluding carboxylic acids is 1. The van der Waals surface area contributed by atoms with Gasteiger partial charge in [-0.25, -0.2) is 8.42 Å². The number of likely N-dealkylation sites (tertiary alicyclic amines) is 1. The molecule has 0 radical (unpaired) electrons. The summed E-state index contributed by atoms with van der Waals surface area (Å²) in [5.74, 6) is -0.218. The average molecular weight is 458 g/mol. The highest BCUT2D eigenvalue weighted by Crippen LogP contribution is 2.18. The quantitative estimate of drug-likeness (QED) is 0.650. The zero-order valence-electron chi connectivity index (χ0n) is 19.4. The van der Waals surface area contributed by atoms with Crippen LogP contribution in [0.15, 0.2) is 53.4 Å². The van der Waals surface area contributed by atoms with Crippen LogP contribution in [0, 0.1) is 0 Å². The minimum atomic E-state index is -3.56. The van der Waals surface area contributed by atoms with Crippen molar-refractivity contribution in [3.63, 3.8) is 0 Å². The molecule has 0 aromatic heterocycles. The van der Waals surface area contributed by atoms with Gasteiger partial charge < -0.3 is 5.32 Å².